The molecule has 0 aliphatic heterocycles. The number of benzene rings is 1. The summed E-state index contributed by atoms with van der Waals surface area (Å²) in [5.41, 5.74) is 2.93. The van der Waals surface area contributed by atoms with Gasteiger partial charge in [-0.25, -0.2) is 9.82 Å². The van der Waals surface area contributed by atoms with Gasteiger partial charge in [-0.3, -0.25) is 5.84 Å². The molecule has 1 atom stereocenters. The lowest BCUT2D eigenvalue weighted by Crippen LogP contribution is -2.47. The Bertz CT molecular complexity index is 435. The molecular weight excluding hydrogens is 311 g/mol. The van der Waals surface area contributed by atoms with E-state index < -0.39 is 5.60 Å². The summed E-state index contributed by atoms with van der Waals surface area (Å²) in [4.78, 5) is 0. The summed E-state index contributed by atoms with van der Waals surface area (Å²) in [5, 5.41) is 0. The molecule has 3 nitrogen and oxygen atoms in total. The number of hydrogen-bond acceptors (Lipinski definition) is 3. The molecule has 19 heavy (non-hydrogen) atoms. The first-order valence-electron chi connectivity index (χ1n) is 6.68. The molecule has 0 aromatic heterocycles. The average molecular weight is 331 g/mol. The fourth-order valence-corrected chi connectivity index (χ4v) is 3.42. The van der Waals surface area contributed by atoms with Crippen molar-refractivity contribution < 1.29 is 9.13 Å². The largest absolute Gasteiger partial charge is 0.373 e. The molecule has 5 heteroatoms. The number of hydrazine groups is 1. The number of halogens is 2. The molecule has 1 unspecified atom stereocenters. The zero-order valence-corrected chi connectivity index (χ0v) is 12.7. The highest BCUT2D eigenvalue weighted by atomic mass is 79.9. The van der Waals surface area contributed by atoms with E-state index in [-0.39, 0.29) is 11.9 Å². The summed E-state index contributed by atoms with van der Waals surface area (Å²) in [6, 6.07) is 4.60. The summed E-state index contributed by atoms with van der Waals surface area (Å²) < 4.78 is 20.9. The fraction of sp³-hybridized carbons (Fsp3) is 0.571. The molecule has 106 valence electrons. The summed E-state index contributed by atoms with van der Waals surface area (Å²) in [5.74, 6) is 5.45. The average Bonchev–Trinajstić information content (AvgIpc) is 2.84. The van der Waals surface area contributed by atoms with Crippen LogP contribution in [0.15, 0.2) is 22.7 Å². The number of ether oxygens (including phenoxy) is 1. The van der Waals surface area contributed by atoms with Crippen LogP contribution in [-0.4, -0.2) is 12.2 Å². The van der Waals surface area contributed by atoms with Crippen molar-refractivity contribution in [3.05, 3.63) is 34.1 Å². The minimum atomic E-state index is -0.398. The van der Waals surface area contributed by atoms with Gasteiger partial charge in [-0.2, -0.15) is 0 Å². The number of nitrogens with two attached hydrogens (primary N) is 1. The lowest BCUT2D eigenvalue weighted by molar-refractivity contribution is -0.0634. The van der Waals surface area contributed by atoms with Gasteiger partial charge < -0.3 is 4.74 Å². The molecule has 0 radical (unpaired) electrons. The van der Waals surface area contributed by atoms with Crippen molar-refractivity contribution in [3.8, 4) is 0 Å². The Labute approximate surface area is 121 Å². The maximum atomic E-state index is 14.1. The molecule has 1 saturated carbocycles. The second kappa shape index (κ2) is 6.31. The van der Waals surface area contributed by atoms with E-state index in [0.29, 0.717) is 12.2 Å². The van der Waals surface area contributed by atoms with Crippen LogP contribution in [0.2, 0.25) is 0 Å². The molecule has 0 saturated heterocycles. The van der Waals surface area contributed by atoms with Crippen LogP contribution in [0.25, 0.3) is 0 Å². The second-order valence-electron chi connectivity index (χ2n) is 4.97. The van der Waals surface area contributed by atoms with E-state index in [9.17, 15) is 4.39 Å². The van der Waals surface area contributed by atoms with Crippen LogP contribution in [0.3, 0.4) is 0 Å². The first-order valence-corrected chi connectivity index (χ1v) is 7.47. The third kappa shape index (κ3) is 2.99. The first-order chi connectivity index (χ1) is 9.13. The van der Waals surface area contributed by atoms with Gasteiger partial charge in [0, 0.05) is 16.6 Å². The lowest BCUT2D eigenvalue weighted by atomic mass is 9.87. The predicted octanol–water partition coefficient (Wildman–Crippen LogP) is 3.44. The highest BCUT2D eigenvalue weighted by Gasteiger charge is 2.43. The number of rotatable bonds is 5. The topological polar surface area (TPSA) is 47.3 Å². The monoisotopic (exact) mass is 330 g/mol. The quantitative estimate of drug-likeness (QED) is 0.642. The van der Waals surface area contributed by atoms with Crippen molar-refractivity contribution in [2.24, 2.45) is 5.84 Å². The van der Waals surface area contributed by atoms with Gasteiger partial charge in [0.25, 0.3) is 0 Å². The van der Waals surface area contributed by atoms with E-state index in [1.54, 1.807) is 12.1 Å². The minimum Gasteiger partial charge on any atom is -0.373 e. The Morgan fingerprint density at radius 1 is 1.47 bits per heavy atom. The van der Waals surface area contributed by atoms with Gasteiger partial charge in [-0.15, -0.1) is 0 Å². The van der Waals surface area contributed by atoms with Crippen molar-refractivity contribution in [2.75, 3.05) is 6.61 Å². The first kappa shape index (κ1) is 14.9. The van der Waals surface area contributed by atoms with E-state index in [2.05, 4.69) is 21.4 Å². The molecule has 0 heterocycles. The Morgan fingerprint density at radius 2 is 2.16 bits per heavy atom. The second-order valence-corrected chi connectivity index (χ2v) is 5.89. The van der Waals surface area contributed by atoms with Crippen molar-refractivity contribution >= 4 is 15.9 Å². The Kier molecular flexibility index (Phi) is 4.95. The molecule has 1 aliphatic rings. The van der Waals surface area contributed by atoms with Crippen molar-refractivity contribution in [1.82, 2.24) is 5.43 Å². The molecular formula is C14H20BrFN2O. The van der Waals surface area contributed by atoms with Crippen LogP contribution >= 0.6 is 15.9 Å². The summed E-state index contributed by atoms with van der Waals surface area (Å²) in [7, 11) is 0. The summed E-state index contributed by atoms with van der Waals surface area (Å²) >= 11 is 3.38. The van der Waals surface area contributed by atoms with Crippen LogP contribution in [-0.2, 0) is 4.74 Å². The summed E-state index contributed by atoms with van der Waals surface area (Å²) in [6.45, 7) is 2.57. The number of nitrogens with one attached hydrogen (secondary N) is 1. The van der Waals surface area contributed by atoms with Gasteiger partial charge in [-0.05, 0) is 38.0 Å². The van der Waals surface area contributed by atoms with Gasteiger partial charge in [-0.1, -0.05) is 28.8 Å². The third-order valence-corrected chi connectivity index (χ3v) is 4.34. The van der Waals surface area contributed by atoms with Crippen molar-refractivity contribution in [2.45, 2.75) is 44.2 Å². The van der Waals surface area contributed by atoms with Gasteiger partial charge in [0.1, 0.15) is 5.82 Å². The minimum absolute atomic E-state index is 0.253. The normalized spacial score (nSPS) is 19.6. The zero-order valence-electron chi connectivity index (χ0n) is 11.1. The fourth-order valence-electron chi connectivity index (χ4n) is 3.04. The molecule has 1 aromatic carbocycles. The Balaban J connectivity index is 2.39. The van der Waals surface area contributed by atoms with Crippen molar-refractivity contribution in [1.29, 1.82) is 0 Å². The Morgan fingerprint density at radius 3 is 2.74 bits per heavy atom. The predicted molar refractivity (Wildman–Crippen MR) is 77.0 cm³/mol. The third-order valence-electron chi connectivity index (χ3n) is 3.84. The van der Waals surface area contributed by atoms with E-state index in [1.165, 1.54) is 6.07 Å². The van der Waals surface area contributed by atoms with E-state index >= 15 is 0 Å². The molecule has 3 N–H and O–H groups in total. The molecule has 1 aromatic rings. The van der Waals surface area contributed by atoms with E-state index in [0.717, 1.165) is 30.2 Å². The van der Waals surface area contributed by atoms with E-state index in [4.69, 9.17) is 10.6 Å². The van der Waals surface area contributed by atoms with Gasteiger partial charge >= 0.3 is 0 Å². The molecule has 0 amide bonds. The molecule has 1 fully saturated rings. The van der Waals surface area contributed by atoms with Crippen molar-refractivity contribution in [3.63, 3.8) is 0 Å². The van der Waals surface area contributed by atoms with Crippen LogP contribution in [0.4, 0.5) is 4.39 Å². The number of hydrogen-bond donors (Lipinski definition) is 2. The maximum Gasteiger partial charge on any atom is 0.128 e. The lowest BCUT2D eigenvalue weighted by Gasteiger charge is -2.37. The van der Waals surface area contributed by atoms with Crippen LogP contribution in [0.5, 0.6) is 0 Å². The smallest absolute Gasteiger partial charge is 0.128 e. The Hall–Kier alpha value is -0.490. The van der Waals surface area contributed by atoms with Gasteiger partial charge in [0.2, 0.25) is 0 Å². The SMILES string of the molecule is CCOC1(C(NN)c2cc(Br)ccc2F)CCCC1. The molecule has 0 bridgehead atoms. The van der Waals surface area contributed by atoms with Gasteiger partial charge in [0.15, 0.2) is 0 Å². The standard InChI is InChI=1S/C14H20BrFN2O/c1-2-19-14(7-3-4-8-14)13(18-17)11-9-10(15)5-6-12(11)16/h5-6,9,13,18H,2-4,7-8,17H2,1H3. The molecule has 1 aliphatic carbocycles. The molecule has 0 spiro atoms. The highest BCUT2D eigenvalue weighted by molar-refractivity contribution is 9.10. The molecule has 2 rings (SSSR count). The highest BCUT2D eigenvalue weighted by Crippen LogP contribution is 2.43. The van der Waals surface area contributed by atoms with Crippen LogP contribution in [0.1, 0.15) is 44.2 Å². The van der Waals surface area contributed by atoms with Crippen LogP contribution < -0.4 is 11.3 Å². The van der Waals surface area contributed by atoms with Crippen LogP contribution in [0, 0.1) is 5.82 Å². The van der Waals surface area contributed by atoms with E-state index in [1.807, 2.05) is 6.92 Å². The summed E-state index contributed by atoms with van der Waals surface area (Å²) in [6.07, 6.45) is 3.99. The van der Waals surface area contributed by atoms with Gasteiger partial charge in [0.05, 0.1) is 11.6 Å². The zero-order chi connectivity index (χ0) is 13.9. The maximum absolute atomic E-state index is 14.1.